The second-order valence-electron chi connectivity index (χ2n) is 5.81. The first-order valence-corrected chi connectivity index (χ1v) is 7.02. The lowest BCUT2D eigenvalue weighted by Gasteiger charge is -2.24. The van der Waals surface area contributed by atoms with Gasteiger partial charge in [-0.25, -0.2) is 4.39 Å². The molecule has 0 aromatic heterocycles. The maximum absolute atomic E-state index is 13.9. The number of nitriles is 1. The summed E-state index contributed by atoms with van der Waals surface area (Å²) < 4.78 is 13.9. The fraction of sp³-hybridized carbons (Fsp3) is 0.500. The predicted molar refractivity (Wildman–Crippen MR) is 79.7 cm³/mol. The van der Waals surface area contributed by atoms with Gasteiger partial charge in [-0.3, -0.25) is 4.79 Å². The van der Waals surface area contributed by atoms with E-state index in [0.29, 0.717) is 24.9 Å². The van der Waals surface area contributed by atoms with Crippen molar-refractivity contribution in [2.45, 2.75) is 45.7 Å². The molecule has 0 spiro atoms. The van der Waals surface area contributed by atoms with Crippen LogP contribution in [0.4, 0.5) is 4.39 Å². The Bertz CT molecular complexity index is 543. The zero-order valence-electron chi connectivity index (χ0n) is 12.8. The van der Waals surface area contributed by atoms with Crippen molar-refractivity contribution in [3.63, 3.8) is 0 Å². The van der Waals surface area contributed by atoms with E-state index in [2.05, 4.69) is 0 Å². The number of carbonyl (C=O) groups excluding carboxylic acids is 1. The Hall–Kier alpha value is -1.93. The molecule has 0 aliphatic rings. The Balaban J connectivity index is 2.74. The van der Waals surface area contributed by atoms with Gasteiger partial charge in [0.1, 0.15) is 5.82 Å². The van der Waals surface area contributed by atoms with E-state index >= 15 is 0 Å². The largest absolute Gasteiger partial charge is 0.339 e. The molecule has 0 atom stereocenters. The van der Waals surface area contributed by atoms with Crippen LogP contribution in [-0.2, 0) is 11.3 Å². The van der Waals surface area contributed by atoms with Crippen molar-refractivity contribution in [1.29, 1.82) is 5.26 Å². The molecular formula is C16H22FN3O. The highest BCUT2D eigenvalue weighted by molar-refractivity contribution is 5.76. The predicted octanol–water partition coefficient (Wildman–Crippen LogP) is 2.56. The monoisotopic (exact) mass is 291 g/mol. The minimum atomic E-state index is -0.459. The quantitative estimate of drug-likeness (QED) is 0.875. The third kappa shape index (κ3) is 5.52. The lowest BCUT2D eigenvalue weighted by Crippen LogP contribution is -2.36. The highest BCUT2D eigenvalue weighted by atomic mass is 19.1. The van der Waals surface area contributed by atoms with Crippen LogP contribution in [0.2, 0.25) is 0 Å². The molecule has 114 valence electrons. The van der Waals surface area contributed by atoms with Gasteiger partial charge < -0.3 is 10.6 Å². The van der Waals surface area contributed by atoms with Crippen LogP contribution in [-0.4, -0.2) is 22.9 Å². The number of halogens is 1. The standard InChI is InChI=1S/C16H22FN3O/c1-4-20(15(21)7-8-16(2,3)19)11-13-6-5-12(10-18)9-14(13)17/h5-6,9H,4,7-8,11,19H2,1-3H3. The number of rotatable bonds is 6. The zero-order chi connectivity index (χ0) is 16.0. The Labute approximate surface area is 125 Å². The van der Waals surface area contributed by atoms with Gasteiger partial charge >= 0.3 is 0 Å². The van der Waals surface area contributed by atoms with Crippen LogP contribution in [0.5, 0.6) is 0 Å². The number of nitrogens with zero attached hydrogens (tertiary/aromatic N) is 2. The fourth-order valence-corrected chi connectivity index (χ4v) is 1.91. The average molecular weight is 291 g/mol. The third-order valence-corrected chi connectivity index (χ3v) is 3.26. The summed E-state index contributed by atoms with van der Waals surface area (Å²) in [6, 6.07) is 6.19. The molecule has 0 aliphatic carbocycles. The molecule has 1 aromatic rings. The molecule has 0 unspecified atom stereocenters. The highest BCUT2D eigenvalue weighted by Gasteiger charge is 2.18. The summed E-state index contributed by atoms with van der Waals surface area (Å²) >= 11 is 0. The van der Waals surface area contributed by atoms with Gasteiger partial charge in [-0.1, -0.05) is 6.07 Å². The fourth-order valence-electron chi connectivity index (χ4n) is 1.91. The maximum Gasteiger partial charge on any atom is 0.222 e. The van der Waals surface area contributed by atoms with Gasteiger partial charge in [0.15, 0.2) is 0 Å². The normalized spacial score (nSPS) is 11.0. The molecule has 0 heterocycles. The summed E-state index contributed by atoms with van der Waals surface area (Å²) in [6.45, 7) is 6.31. The van der Waals surface area contributed by atoms with Crippen LogP contribution in [0, 0.1) is 17.1 Å². The maximum atomic E-state index is 13.9. The first kappa shape index (κ1) is 17.1. The van der Waals surface area contributed by atoms with Crippen molar-refractivity contribution < 1.29 is 9.18 Å². The number of amides is 1. The minimum Gasteiger partial charge on any atom is -0.339 e. The van der Waals surface area contributed by atoms with Gasteiger partial charge in [-0.2, -0.15) is 5.26 Å². The molecule has 0 bridgehead atoms. The number of hydrogen-bond acceptors (Lipinski definition) is 3. The molecule has 0 saturated carbocycles. The van der Waals surface area contributed by atoms with Crippen LogP contribution >= 0.6 is 0 Å². The summed E-state index contributed by atoms with van der Waals surface area (Å²) in [6.07, 6.45) is 0.924. The van der Waals surface area contributed by atoms with Gasteiger partial charge in [0, 0.05) is 30.6 Å². The smallest absolute Gasteiger partial charge is 0.222 e. The van der Waals surface area contributed by atoms with E-state index < -0.39 is 11.4 Å². The van der Waals surface area contributed by atoms with Crippen LogP contribution in [0.1, 0.15) is 44.7 Å². The van der Waals surface area contributed by atoms with Gasteiger partial charge in [0.2, 0.25) is 5.91 Å². The first-order valence-electron chi connectivity index (χ1n) is 7.02. The van der Waals surface area contributed by atoms with Crippen molar-refractivity contribution in [2.24, 2.45) is 5.73 Å². The second-order valence-corrected chi connectivity index (χ2v) is 5.81. The molecule has 2 N–H and O–H groups in total. The molecular weight excluding hydrogens is 269 g/mol. The summed E-state index contributed by atoms with van der Waals surface area (Å²) in [5.74, 6) is -0.501. The Morgan fingerprint density at radius 2 is 2.14 bits per heavy atom. The first-order chi connectivity index (χ1) is 9.76. The molecule has 21 heavy (non-hydrogen) atoms. The second kappa shape index (κ2) is 7.19. The van der Waals surface area contributed by atoms with E-state index in [1.165, 1.54) is 6.07 Å². The Morgan fingerprint density at radius 3 is 2.62 bits per heavy atom. The van der Waals surface area contributed by atoms with Gasteiger partial charge in [-0.05, 0) is 39.3 Å². The Morgan fingerprint density at radius 1 is 1.48 bits per heavy atom. The highest BCUT2D eigenvalue weighted by Crippen LogP contribution is 2.15. The number of benzene rings is 1. The lowest BCUT2D eigenvalue weighted by molar-refractivity contribution is -0.132. The topological polar surface area (TPSA) is 70.1 Å². The van der Waals surface area contributed by atoms with Crippen molar-refractivity contribution in [2.75, 3.05) is 6.54 Å². The van der Waals surface area contributed by atoms with E-state index in [4.69, 9.17) is 11.0 Å². The summed E-state index contributed by atoms with van der Waals surface area (Å²) in [7, 11) is 0. The van der Waals surface area contributed by atoms with Crippen LogP contribution in [0.3, 0.4) is 0 Å². The van der Waals surface area contributed by atoms with Crippen molar-refractivity contribution in [3.05, 3.63) is 35.1 Å². The average Bonchev–Trinajstić information content (AvgIpc) is 2.42. The molecule has 4 nitrogen and oxygen atoms in total. The van der Waals surface area contributed by atoms with E-state index in [9.17, 15) is 9.18 Å². The molecule has 1 amide bonds. The van der Waals surface area contributed by atoms with Gasteiger partial charge in [-0.15, -0.1) is 0 Å². The van der Waals surface area contributed by atoms with Crippen LogP contribution in [0.25, 0.3) is 0 Å². The van der Waals surface area contributed by atoms with Crippen molar-refractivity contribution in [1.82, 2.24) is 4.90 Å². The lowest BCUT2D eigenvalue weighted by atomic mass is 9.99. The summed E-state index contributed by atoms with van der Waals surface area (Å²) in [5, 5.41) is 8.72. The SMILES string of the molecule is CCN(Cc1ccc(C#N)cc1F)C(=O)CCC(C)(C)N. The van der Waals surface area contributed by atoms with E-state index in [-0.39, 0.29) is 18.0 Å². The summed E-state index contributed by atoms with van der Waals surface area (Å²) in [4.78, 5) is 13.7. The molecule has 0 fully saturated rings. The molecule has 0 saturated heterocycles. The number of nitrogens with two attached hydrogens (primary N) is 1. The molecule has 5 heteroatoms. The number of hydrogen-bond donors (Lipinski definition) is 1. The van der Waals surface area contributed by atoms with E-state index in [0.717, 1.165) is 0 Å². The zero-order valence-corrected chi connectivity index (χ0v) is 12.8. The number of carbonyl (C=O) groups is 1. The Kier molecular flexibility index (Phi) is 5.86. The van der Waals surface area contributed by atoms with Crippen molar-refractivity contribution >= 4 is 5.91 Å². The third-order valence-electron chi connectivity index (χ3n) is 3.26. The molecule has 1 rings (SSSR count). The van der Waals surface area contributed by atoms with Crippen LogP contribution < -0.4 is 5.73 Å². The molecule has 1 aromatic carbocycles. The van der Waals surface area contributed by atoms with E-state index in [1.807, 2.05) is 26.8 Å². The molecule has 0 aliphatic heterocycles. The van der Waals surface area contributed by atoms with Gasteiger partial charge in [0.05, 0.1) is 11.6 Å². The van der Waals surface area contributed by atoms with Crippen molar-refractivity contribution in [3.8, 4) is 6.07 Å². The summed E-state index contributed by atoms with van der Waals surface area (Å²) in [5.41, 5.74) is 6.17. The van der Waals surface area contributed by atoms with Crippen LogP contribution in [0.15, 0.2) is 18.2 Å². The minimum absolute atomic E-state index is 0.0419. The molecule has 0 radical (unpaired) electrons. The van der Waals surface area contributed by atoms with E-state index in [1.54, 1.807) is 17.0 Å². The van der Waals surface area contributed by atoms with Gasteiger partial charge in [0.25, 0.3) is 0 Å².